The summed E-state index contributed by atoms with van der Waals surface area (Å²) in [6.07, 6.45) is 0. The third-order valence-electron chi connectivity index (χ3n) is 5.17. The lowest BCUT2D eigenvalue weighted by Gasteiger charge is -2.15. The smallest absolute Gasteiger partial charge is 0.283 e. The zero-order valence-electron chi connectivity index (χ0n) is 17.8. The molecule has 4 rings (SSSR count). The van der Waals surface area contributed by atoms with Gasteiger partial charge in [0.15, 0.2) is 0 Å². The van der Waals surface area contributed by atoms with Crippen LogP contribution >= 0.6 is 34.2 Å². The average Bonchev–Trinajstić information content (AvgIpc) is 3.00. The van der Waals surface area contributed by atoms with Gasteiger partial charge in [0.1, 0.15) is 10.7 Å². The van der Waals surface area contributed by atoms with Gasteiger partial charge in [-0.2, -0.15) is 0 Å². The quantitative estimate of drug-likeness (QED) is 0.309. The van der Waals surface area contributed by atoms with Gasteiger partial charge in [0.25, 0.3) is 17.7 Å². The Balaban J connectivity index is 1.48. The molecule has 2 N–H and O–H groups in total. The number of nitrogens with one attached hydrogen (secondary N) is 2. The van der Waals surface area contributed by atoms with Crippen molar-refractivity contribution in [1.29, 1.82) is 0 Å². The van der Waals surface area contributed by atoms with E-state index >= 15 is 0 Å². The van der Waals surface area contributed by atoms with Crippen molar-refractivity contribution in [3.05, 3.63) is 97.7 Å². The Labute approximate surface area is 209 Å². The molecule has 0 bridgehead atoms. The van der Waals surface area contributed by atoms with Gasteiger partial charge in [-0.05, 0) is 96.6 Å². The molecule has 0 radical (unpaired) electrons. The monoisotopic (exact) mass is 571 g/mol. The molecule has 0 aliphatic carbocycles. The molecule has 1 aliphatic heterocycles. The molecule has 0 saturated carbocycles. The lowest BCUT2D eigenvalue weighted by Crippen LogP contribution is -2.32. The molecule has 6 nitrogen and oxygen atoms in total. The van der Waals surface area contributed by atoms with E-state index in [2.05, 4.69) is 33.2 Å². The molecule has 8 heteroatoms. The first-order valence-corrected chi connectivity index (χ1v) is 11.5. The molecular formula is C25H19ClIN3O3. The van der Waals surface area contributed by atoms with Crippen LogP contribution in [0.3, 0.4) is 0 Å². The van der Waals surface area contributed by atoms with Gasteiger partial charge in [-0.15, -0.1) is 0 Å². The van der Waals surface area contributed by atoms with Crippen LogP contribution in [0.4, 0.5) is 17.1 Å². The molecule has 0 fully saturated rings. The summed E-state index contributed by atoms with van der Waals surface area (Å²) >= 11 is 8.41. The summed E-state index contributed by atoms with van der Waals surface area (Å²) in [5.74, 6) is -1.37. The van der Waals surface area contributed by atoms with Crippen LogP contribution in [0.25, 0.3) is 0 Å². The van der Waals surface area contributed by atoms with E-state index in [0.717, 1.165) is 25.3 Å². The maximum absolute atomic E-state index is 12.9. The second-order valence-corrected chi connectivity index (χ2v) is 9.21. The Morgan fingerprint density at radius 1 is 0.909 bits per heavy atom. The number of anilines is 3. The molecule has 0 aromatic heterocycles. The maximum atomic E-state index is 12.9. The highest BCUT2D eigenvalue weighted by Gasteiger charge is 2.38. The Kier molecular flexibility index (Phi) is 6.53. The van der Waals surface area contributed by atoms with Crippen LogP contribution in [0.15, 0.2) is 77.5 Å². The lowest BCUT2D eigenvalue weighted by molar-refractivity contribution is -0.120. The minimum absolute atomic E-state index is 0.00560. The van der Waals surface area contributed by atoms with Gasteiger partial charge in [0, 0.05) is 20.5 Å². The number of amides is 3. The number of nitrogens with zero attached hydrogens (tertiary/aromatic N) is 1. The standard InChI is InChI=1S/C25H19ClIN3O3/c1-14-3-10-19(11-4-14)30-24(32)21(26)22(25(30)33)28-18-8-5-16(6-9-18)23(31)29-20-12-7-17(27)13-15(20)2/h3-13,28H,1-2H3,(H,29,31). The number of carbonyl (C=O) groups excluding carboxylic acids is 3. The molecule has 0 atom stereocenters. The summed E-state index contributed by atoms with van der Waals surface area (Å²) in [6.45, 7) is 3.85. The largest absolute Gasteiger partial charge is 0.350 e. The molecule has 3 aromatic rings. The van der Waals surface area contributed by atoms with Crippen molar-refractivity contribution in [2.45, 2.75) is 13.8 Å². The molecule has 166 valence electrons. The van der Waals surface area contributed by atoms with Crippen LogP contribution in [-0.4, -0.2) is 17.7 Å². The second kappa shape index (κ2) is 9.36. The molecule has 3 amide bonds. The molecule has 0 spiro atoms. The fourth-order valence-corrected chi connectivity index (χ4v) is 4.21. The maximum Gasteiger partial charge on any atom is 0.283 e. The highest BCUT2D eigenvalue weighted by molar-refractivity contribution is 14.1. The van der Waals surface area contributed by atoms with Crippen molar-refractivity contribution in [3.63, 3.8) is 0 Å². The van der Waals surface area contributed by atoms with Crippen molar-refractivity contribution in [2.75, 3.05) is 15.5 Å². The van der Waals surface area contributed by atoms with E-state index in [0.29, 0.717) is 16.9 Å². The van der Waals surface area contributed by atoms with Crippen LogP contribution in [0, 0.1) is 17.4 Å². The van der Waals surface area contributed by atoms with Crippen molar-refractivity contribution >= 4 is 69.0 Å². The van der Waals surface area contributed by atoms with E-state index in [1.807, 2.05) is 44.2 Å². The Bertz CT molecular complexity index is 1300. The van der Waals surface area contributed by atoms with Gasteiger partial charge in [0.2, 0.25) is 0 Å². The van der Waals surface area contributed by atoms with Gasteiger partial charge >= 0.3 is 0 Å². The molecule has 1 aliphatic rings. The fraction of sp³-hybridized carbons (Fsp3) is 0.0800. The van der Waals surface area contributed by atoms with E-state index in [4.69, 9.17) is 11.6 Å². The summed E-state index contributed by atoms with van der Waals surface area (Å²) in [6, 6.07) is 19.4. The summed E-state index contributed by atoms with van der Waals surface area (Å²) in [5, 5.41) is 5.63. The van der Waals surface area contributed by atoms with Gasteiger partial charge in [-0.3, -0.25) is 14.4 Å². The normalized spacial score (nSPS) is 13.5. The van der Waals surface area contributed by atoms with Crippen LogP contribution in [0.2, 0.25) is 0 Å². The van der Waals surface area contributed by atoms with Crippen molar-refractivity contribution in [1.82, 2.24) is 0 Å². The predicted molar refractivity (Wildman–Crippen MR) is 138 cm³/mol. The molecular weight excluding hydrogens is 553 g/mol. The second-order valence-electron chi connectivity index (χ2n) is 7.59. The highest BCUT2D eigenvalue weighted by Crippen LogP contribution is 2.30. The Morgan fingerprint density at radius 3 is 2.21 bits per heavy atom. The number of aryl methyl sites for hydroxylation is 2. The van der Waals surface area contributed by atoms with Crippen LogP contribution < -0.4 is 15.5 Å². The number of carbonyl (C=O) groups is 3. The zero-order chi connectivity index (χ0) is 23.7. The van der Waals surface area contributed by atoms with E-state index in [1.54, 1.807) is 36.4 Å². The van der Waals surface area contributed by atoms with E-state index in [9.17, 15) is 14.4 Å². The number of benzene rings is 3. The number of imide groups is 1. The first-order chi connectivity index (χ1) is 15.7. The lowest BCUT2D eigenvalue weighted by atomic mass is 10.1. The number of rotatable bonds is 5. The minimum atomic E-state index is -0.586. The molecule has 33 heavy (non-hydrogen) atoms. The van der Waals surface area contributed by atoms with E-state index in [-0.39, 0.29) is 16.6 Å². The van der Waals surface area contributed by atoms with Crippen molar-refractivity contribution in [3.8, 4) is 0 Å². The van der Waals surface area contributed by atoms with Crippen LogP contribution in [-0.2, 0) is 9.59 Å². The summed E-state index contributed by atoms with van der Waals surface area (Å²) in [7, 11) is 0. The first-order valence-electron chi connectivity index (χ1n) is 10.0. The summed E-state index contributed by atoms with van der Waals surface area (Å²) in [5.41, 5.74) is 4.14. The van der Waals surface area contributed by atoms with Crippen LogP contribution in [0.1, 0.15) is 21.5 Å². The van der Waals surface area contributed by atoms with Gasteiger partial charge < -0.3 is 10.6 Å². The van der Waals surface area contributed by atoms with Crippen LogP contribution in [0.5, 0.6) is 0 Å². The van der Waals surface area contributed by atoms with Gasteiger partial charge in [0.05, 0.1) is 5.69 Å². The molecule has 0 unspecified atom stereocenters. The van der Waals surface area contributed by atoms with Gasteiger partial charge in [-0.25, -0.2) is 4.90 Å². The Hall–Kier alpha value is -3.17. The predicted octanol–water partition coefficient (Wildman–Crippen LogP) is 5.60. The van der Waals surface area contributed by atoms with Crippen molar-refractivity contribution in [2.24, 2.45) is 0 Å². The SMILES string of the molecule is Cc1ccc(N2C(=O)C(Cl)=C(Nc3ccc(C(=O)Nc4ccc(I)cc4C)cc3)C2=O)cc1. The molecule has 1 heterocycles. The first kappa shape index (κ1) is 23.0. The molecule has 0 saturated heterocycles. The average molecular weight is 572 g/mol. The summed E-state index contributed by atoms with van der Waals surface area (Å²) in [4.78, 5) is 39.1. The topological polar surface area (TPSA) is 78.5 Å². The van der Waals surface area contributed by atoms with E-state index in [1.165, 1.54) is 0 Å². The molecule has 3 aromatic carbocycles. The third-order valence-corrected chi connectivity index (χ3v) is 6.19. The fourth-order valence-electron chi connectivity index (χ4n) is 3.35. The Morgan fingerprint density at radius 2 is 1.58 bits per heavy atom. The highest BCUT2D eigenvalue weighted by atomic mass is 127. The summed E-state index contributed by atoms with van der Waals surface area (Å²) < 4.78 is 1.09. The zero-order valence-corrected chi connectivity index (χ0v) is 20.7. The van der Waals surface area contributed by atoms with Crippen molar-refractivity contribution < 1.29 is 14.4 Å². The van der Waals surface area contributed by atoms with E-state index < -0.39 is 11.8 Å². The number of hydrogen-bond donors (Lipinski definition) is 2. The number of halogens is 2. The van der Waals surface area contributed by atoms with Gasteiger partial charge in [-0.1, -0.05) is 29.3 Å². The number of hydrogen-bond acceptors (Lipinski definition) is 4. The minimum Gasteiger partial charge on any atom is -0.350 e. The third kappa shape index (κ3) is 4.79.